The van der Waals surface area contributed by atoms with Crippen LogP contribution in [0, 0.1) is 5.41 Å². The lowest BCUT2D eigenvalue weighted by atomic mass is 10.0. The highest BCUT2D eigenvalue weighted by Gasteiger charge is 2.49. The van der Waals surface area contributed by atoms with Crippen molar-refractivity contribution in [3.63, 3.8) is 0 Å². The Bertz CT molecular complexity index is 402. The second-order valence-corrected chi connectivity index (χ2v) is 4.52. The predicted octanol–water partition coefficient (Wildman–Crippen LogP) is 3.43. The molecule has 1 fully saturated rings. The molecule has 0 unspecified atom stereocenters. The van der Waals surface area contributed by atoms with Crippen molar-refractivity contribution in [3.05, 3.63) is 42.0 Å². The van der Waals surface area contributed by atoms with Crippen LogP contribution in [0.15, 0.2) is 36.4 Å². The van der Waals surface area contributed by atoms with E-state index in [1.165, 1.54) is 5.56 Å². The van der Waals surface area contributed by atoms with E-state index in [1.807, 2.05) is 25.1 Å². The summed E-state index contributed by atoms with van der Waals surface area (Å²) in [4.78, 5) is 11.7. The molecular weight excluding hydrogens is 212 g/mol. The number of carbonyl (C=O) groups excluding carboxylic acids is 1. The molecule has 0 N–H and O–H groups in total. The lowest BCUT2D eigenvalue weighted by Gasteiger charge is -2.10. The van der Waals surface area contributed by atoms with Crippen molar-refractivity contribution in [2.75, 3.05) is 6.61 Å². The van der Waals surface area contributed by atoms with Crippen LogP contribution in [0.3, 0.4) is 0 Å². The molecule has 1 aromatic rings. The Kier molecular flexibility index (Phi) is 3.62. The quantitative estimate of drug-likeness (QED) is 0.724. The first-order valence-corrected chi connectivity index (χ1v) is 6.16. The maximum absolute atomic E-state index is 11.7. The molecule has 0 atom stereocenters. The van der Waals surface area contributed by atoms with Gasteiger partial charge in [-0.05, 0) is 31.7 Å². The molecule has 90 valence electrons. The zero-order chi connectivity index (χ0) is 12.1. The lowest BCUT2D eigenvalue weighted by molar-refractivity contribution is -0.149. The van der Waals surface area contributed by atoms with Crippen molar-refractivity contribution < 1.29 is 9.53 Å². The van der Waals surface area contributed by atoms with Crippen LogP contribution >= 0.6 is 0 Å². The minimum Gasteiger partial charge on any atom is -0.466 e. The summed E-state index contributed by atoms with van der Waals surface area (Å²) < 4.78 is 5.10. The number of rotatable bonds is 5. The van der Waals surface area contributed by atoms with Gasteiger partial charge in [0.2, 0.25) is 0 Å². The SMILES string of the molecule is CCOC(=O)C1(C/C=C/c2ccccc2)CC1. The molecule has 0 bridgehead atoms. The number of carbonyl (C=O) groups is 1. The minimum atomic E-state index is -0.207. The van der Waals surface area contributed by atoms with E-state index in [0.29, 0.717) is 6.61 Å². The highest BCUT2D eigenvalue weighted by atomic mass is 16.5. The van der Waals surface area contributed by atoms with Crippen LogP contribution in [-0.2, 0) is 9.53 Å². The molecule has 2 rings (SSSR count). The summed E-state index contributed by atoms with van der Waals surface area (Å²) in [6.45, 7) is 2.33. The van der Waals surface area contributed by atoms with Crippen molar-refractivity contribution in [3.8, 4) is 0 Å². The average molecular weight is 230 g/mol. The van der Waals surface area contributed by atoms with Gasteiger partial charge in [0, 0.05) is 0 Å². The summed E-state index contributed by atoms with van der Waals surface area (Å²) in [5.41, 5.74) is 0.966. The first kappa shape index (κ1) is 11.9. The van der Waals surface area contributed by atoms with Gasteiger partial charge in [-0.1, -0.05) is 42.5 Å². The number of ether oxygens (including phenoxy) is 1. The van der Waals surface area contributed by atoms with Crippen LogP contribution in [0.5, 0.6) is 0 Å². The summed E-state index contributed by atoms with van der Waals surface area (Å²) >= 11 is 0. The summed E-state index contributed by atoms with van der Waals surface area (Å²) in [7, 11) is 0. The van der Waals surface area contributed by atoms with E-state index in [0.717, 1.165) is 19.3 Å². The van der Waals surface area contributed by atoms with Gasteiger partial charge in [0.05, 0.1) is 12.0 Å². The average Bonchev–Trinajstić information content (AvgIpc) is 3.12. The van der Waals surface area contributed by atoms with Gasteiger partial charge in [0.15, 0.2) is 0 Å². The predicted molar refractivity (Wildman–Crippen MR) is 68.4 cm³/mol. The normalized spacial score (nSPS) is 17.0. The van der Waals surface area contributed by atoms with Crippen molar-refractivity contribution in [1.82, 2.24) is 0 Å². The lowest BCUT2D eigenvalue weighted by Crippen LogP contribution is -2.18. The number of benzene rings is 1. The van der Waals surface area contributed by atoms with Gasteiger partial charge in [-0.25, -0.2) is 0 Å². The van der Waals surface area contributed by atoms with Gasteiger partial charge in [0.1, 0.15) is 0 Å². The highest BCUT2D eigenvalue weighted by molar-refractivity contribution is 5.80. The van der Waals surface area contributed by atoms with Gasteiger partial charge < -0.3 is 4.74 Å². The van der Waals surface area contributed by atoms with Gasteiger partial charge in [0.25, 0.3) is 0 Å². The molecule has 0 amide bonds. The summed E-state index contributed by atoms with van der Waals surface area (Å²) in [6, 6.07) is 10.1. The van der Waals surface area contributed by atoms with Crippen molar-refractivity contribution in [2.24, 2.45) is 5.41 Å². The fraction of sp³-hybridized carbons (Fsp3) is 0.400. The molecule has 0 aromatic heterocycles. The van der Waals surface area contributed by atoms with Crippen LogP contribution in [0.4, 0.5) is 0 Å². The smallest absolute Gasteiger partial charge is 0.312 e. The molecule has 0 radical (unpaired) electrons. The van der Waals surface area contributed by atoms with Crippen molar-refractivity contribution in [2.45, 2.75) is 26.2 Å². The van der Waals surface area contributed by atoms with Crippen LogP contribution in [0.2, 0.25) is 0 Å². The zero-order valence-electron chi connectivity index (χ0n) is 10.2. The summed E-state index contributed by atoms with van der Waals surface area (Å²) in [5.74, 6) is -0.0299. The summed E-state index contributed by atoms with van der Waals surface area (Å²) in [5, 5.41) is 0. The first-order valence-electron chi connectivity index (χ1n) is 6.16. The first-order chi connectivity index (χ1) is 8.27. The third-order valence-corrected chi connectivity index (χ3v) is 3.18. The zero-order valence-corrected chi connectivity index (χ0v) is 10.2. The molecule has 0 spiro atoms. The van der Waals surface area contributed by atoms with E-state index in [4.69, 9.17) is 4.74 Å². The monoisotopic (exact) mass is 230 g/mol. The molecule has 1 aliphatic rings. The highest BCUT2D eigenvalue weighted by Crippen LogP contribution is 2.50. The Morgan fingerprint density at radius 3 is 2.65 bits per heavy atom. The number of hydrogen-bond acceptors (Lipinski definition) is 2. The van der Waals surface area contributed by atoms with E-state index >= 15 is 0 Å². The van der Waals surface area contributed by atoms with E-state index in [9.17, 15) is 4.79 Å². The molecular formula is C15H18O2. The van der Waals surface area contributed by atoms with Crippen LogP contribution in [0.1, 0.15) is 31.7 Å². The van der Waals surface area contributed by atoms with Crippen LogP contribution in [0.25, 0.3) is 6.08 Å². The largest absolute Gasteiger partial charge is 0.466 e. The van der Waals surface area contributed by atoms with Gasteiger partial charge in [-0.3, -0.25) is 4.79 Å². The molecule has 0 saturated heterocycles. The van der Waals surface area contributed by atoms with Crippen molar-refractivity contribution in [1.29, 1.82) is 0 Å². The second kappa shape index (κ2) is 5.17. The second-order valence-electron chi connectivity index (χ2n) is 4.52. The van der Waals surface area contributed by atoms with Crippen LogP contribution < -0.4 is 0 Å². The molecule has 17 heavy (non-hydrogen) atoms. The molecule has 1 aromatic carbocycles. The molecule has 2 heteroatoms. The maximum Gasteiger partial charge on any atom is 0.312 e. The number of hydrogen-bond donors (Lipinski definition) is 0. The fourth-order valence-electron chi connectivity index (χ4n) is 1.91. The molecule has 0 heterocycles. The Hall–Kier alpha value is -1.57. The van der Waals surface area contributed by atoms with Gasteiger partial charge in [-0.15, -0.1) is 0 Å². The maximum atomic E-state index is 11.7. The summed E-state index contributed by atoms with van der Waals surface area (Å²) in [6.07, 6.45) is 6.87. The number of esters is 1. The fourth-order valence-corrected chi connectivity index (χ4v) is 1.91. The van der Waals surface area contributed by atoms with Crippen molar-refractivity contribution >= 4 is 12.0 Å². The van der Waals surface area contributed by atoms with Gasteiger partial charge in [-0.2, -0.15) is 0 Å². The Labute approximate surface area is 102 Å². The molecule has 1 aliphatic carbocycles. The van der Waals surface area contributed by atoms with E-state index < -0.39 is 0 Å². The Balaban J connectivity index is 1.90. The van der Waals surface area contributed by atoms with E-state index in [-0.39, 0.29) is 11.4 Å². The molecule has 1 saturated carbocycles. The Morgan fingerprint density at radius 2 is 2.06 bits per heavy atom. The molecule has 0 aliphatic heterocycles. The topological polar surface area (TPSA) is 26.3 Å². The van der Waals surface area contributed by atoms with E-state index in [1.54, 1.807) is 0 Å². The number of allylic oxidation sites excluding steroid dienone is 1. The van der Waals surface area contributed by atoms with Crippen LogP contribution in [-0.4, -0.2) is 12.6 Å². The van der Waals surface area contributed by atoms with Gasteiger partial charge >= 0.3 is 5.97 Å². The molecule has 2 nitrogen and oxygen atoms in total. The van der Waals surface area contributed by atoms with E-state index in [2.05, 4.69) is 24.3 Å². The third kappa shape index (κ3) is 2.96. The Morgan fingerprint density at radius 1 is 1.35 bits per heavy atom. The third-order valence-electron chi connectivity index (χ3n) is 3.18. The standard InChI is InChI=1S/C15H18O2/c1-2-17-14(16)15(11-12-15)10-6-9-13-7-4-3-5-8-13/h3-9H,2,10-12H2,1H3/b9-6+. The minimum absolute atomic E-state index is 0.0299.